The van der Waals surface area contributed by atoms with Crippen LogP contribution < -0.4 is 4.74 Å². The van der Waals surface area contributed by atoms with E-state index >= 15 is 0 Å². The van der Waals surface area contributed by atoms with Gasteiger partial charge >= 0.3 is 0 Å². The number of nitrogens with zero attached hydrogens (tertiary/aromatic N) is 2. The van der Waals surface area contributed by atoms with Crippen LogP contribution in [0, 0.1) is 12.8 Å². The van der Waals surface area contributed by atoms with Crippen LogP contribution in [0.15, 0.2) is 24.3 Å². The highest BCUT2D eigenvalue weighted by Gasteiger charge is 2.23. The summed E-state index contributed by atoms with van der Waals surface area (Å²) in [5.41, 5.74) is 2.27. The van der Waals surface area contributed by atoms with Crippen LogP contribution in [0.5, 0.6) is 5.75 Å². The molecular weight excluding hydrogens is 304 g/mol. The molecule has 2 heterocycles. The third kappa shape index (κ3) is 3.36. The van der Waals surface area contributed by atoms with Gasteiger partial charge in [-0.15, -0.1) is 0 Å². The first kappa shape index (κ1) is 16.7. The summed E-state index contributed by atoms with van der Waals surface area (Å²) in [6.07, 6.45) is 1.03. The third-order valence-corrected chi connectivity index (χ3v) is 4.62. The fraction of sp³-hybridized carbons (Fsp3) is 0.474. The molecule has 2 aromatic rings. The summed E-state index contributed by atoms with van der Waals surface area (Å²) in [6.45, 7) is 6.89. The zero-order valence-electron chi connectivity index (χ0n) is 14.5. The Morgan fingerprint density at radius 3 is 2.92 bits per heavy atom. The van der Waals surface area contributed by atoms with Crippen molar-refractivity contribution in [1.29, 1.82) is 0 Å². The minimum atomic E-state index is 0.0483. The van der Waals surface area contributed by atoms with Gasteiger partial charge in [0, 0.05) is 37.1 Å². The Kier molecular flexibility index (Phi) is 5.00. The van der Waals surface area contributed by atoms with E-state index in [2.05, 4.69) is 4.98 Å². The van der Waals surface area contributed by atoms with E-state index < -0.39 is 0 Å². The predicted molar refractivity (Wildman–Crippen MR) is 93.5 cm³/mol. The number of hydrogen-bond acceptors (Lipinski definition) is 4. The van der Waals surface area contributed by atoms with Crippen LogP contribution in [-0.2, 0) is 4.74 Å². The molecule has 1 atom stereocenters. The maximum atomic E-state index is 13.0. The molecule has 5 nitrogen and oxygen atoms in total. The lowest BCUT2D eigenvalue weighted by Crippen LogP contribution is -2.36. The van der Waals surface area contributed by atoms with Gasteiger partial charge in [-0.3, -0.25) is 9.78 Å². The summed E-state index contributed by atoms with van der Waals surface area (Å²) in [4.78, 5) is 19.5. The van der Waals surface area contributed by atoms with E-state index in [9.17, 15) is 4.79 Å². The fourth-order valence-corrected chi connectivity index (χ4v) is 3.15. The average molecular weight is 328 g/mol. The molecule has 1 aliphatic heterocycles. The van der Waals surface area contributed by atoms with E-state index in [1.807, 2.05) is 43.0 Å². The zero-order valence-corrected chi connectivity index (χ0v) is 14.5. The minimum absolute atomic E-state index is 0.0483. The normalized spacial score (nSPS) is 17.2. The molecule has 1 aromatic carbocycles. The second-order valence-corrected chi connectivity index (χ2v) is 6.25. The van der Waals surface area contributed by atoms with Gasteiger partial charge in [0.05, 0.1) is 30.5 Å². The molecule has 0 spiro atoms. The molecule has 0 radical (unpaired) electrons. The molecular formula is C19H24N2O3. The van der Waals surface area contributed by atoms with Crippen molar-refractivity contribution in [3.05, 3.63) is 35.5 Å². The van der Waals surface area contributed by atoms with E-state index in [4.69, 9.17) is 9.47 Å². The second-order valence-electron chi connectivity index (χ2n) is 6.25. The van der Waals surface area contributed by atoms with E-state index in [0.29, 0.717) is 18.0 Å². The van der Waals surface area contributed by atoms with Gasteiger partial charge in [-0.1, -0.05) is 0 Å². The SMILES string of the molecule is CCN(C[C@@H]1CCOC1)C(=O)c1cc2ccc(OC)cc2nc1C. The number of aromatic nitrogens is 1. The molecule has 3 rings (SSSR count). The molecule has 0 aliphatic carbocycles. The molecule has 128 valence electrons. The highest BCUT2D eigenvalue weighted by Crippen LogP contribution is 2.23. The van der Waals surface area contributed by atoms with E-state index in [1.54, 1.807) is 7.11 Å². The first-order valence-corrected chi connectivity index (χ1v) is 8.44. The zero-order chi connectivity index (χ0) is 17.1. The minimum Gasteiger partial charge on any atom is -0.497 e. The van der Waals surface area contributed by atoms with Gasteiger partial charge in [0.1, 0.15) is 5.75 Å². The van der Waals surface area contributed by atoms with Crippen molar-refractivity contribution in [2.24, 2.45) is 5.92 Å². The highest BCUT2D eigenvalue weighted by atomic mass is 16.5. The lowest BCUT2D eigenvalue weighted by atomic mass is 10.1. The van der Waals surface area contributed by atoms with Gasteiger partial charge in [0.2, 0.25) is 0 Å². The summed E-state index contributed by atoms with van der Waals surface area (Å²) in [5, 5.41) is 0.949. The van der Waals surface area contributed by atoms with Gasteiger partial charge in [0.15, 0.2) is 0 Å². The van der Waals surface area contributed by atoms with E-state index in [-0.39, 0.29) is 5.91 Å². The third-order valence-electron chi connectivity index (χ3n) is 4.62. The molecule has 0 saturated carbocycles. The molecule has 1 amide bonds. The summed E-state index contributed by atoms with van der Waals surface area (Å²) in [6, 6.07) is 7.66. The molecule has 1 saturated heterocycles. The number of rotatable bonds is 5. The van der Waals surface area contributed by atoms with Crippen molar-refractivity contribution < 1.29 is 14.3 Å². The lowest BCUT2D eigenvalue weighted by Gasteiger charge is -2.24. The topological polar surface area (TPSA) is 51.7 Å². The molecule has 0 N–H and O–H groups in total. The highest BCUT2D eigenvalue weighted by molar-refractivity contribution is 5.98. The van der Waals surface area contributed by atoms with Gasteiger partial charge < -0.3 is 14.4 Å². The van der Waals surface area contributed by atoms with Crippen molar-refractivity contribution in [2.75, 3.05) is 33.4 Å². The summed E-state index contributed by atoms with van der Waals surface area (Å²) < 4.78 is 10.7. The quantitative estimate of drug-likeness (QED) is 0.846. The number of methoxy groups -OCH3 is 1. The summed E-state index contributed by atoms with van der Waals surface area (Å²) in [7, 11) is 1.64. The van der Waals surface area contributed by atoms with E-state index in [1.165, 1.54) is 0 Å². The Bertz CT molecular complexity index is 739. The van der Waals surface area contributed by atoms with Crippen molar-refractivity contribution in [2.45, 2.75) is 20.3 Å². The van der Waals surface area contributed by atoms with Crippen molar-refractivity contribution in [3.63, 3.8) is 0 Å². The van der Waals surface area contributed by atoms with Crippen LogP contribution in [0.3, 0.4) is 0 Å². The van der Waals surface area contributed by atoms with Gasteiger partial charge in [-0.25, -0.2) is 0 Å². The van der Waals surface area contributed by atoms with E-state index in [0.717, 1.165) is 48.5 Å². The van der Waals surface area contributed by atoms with Gasteiger partial charge in [-0.2, -0.15) is 0 Å². The predicted octanol–water partition coefficient (Wildman–Crippen LogP) is 3.05. The van der Waals surface area contributed by atoms with Gasteiger partial charge in [0.25, 0.3) is 5.91 Å². The van der Waals surface area contributed by atoms with Crippen LogP contribution in [0.2, 0.25) is 0 Å². The number of ether oxygens (including phenoxy) is 2. The first-order valence-electron chi connectivity index (χ1n) is 8.44. The maximum absolute atomic E-state index is 13.0. The molecule has 0 unspecified atom stereocenters. The first-order chi connectivity index (χ1) is 11.6. The summed E-state index contributed by atoms with van der Waals surface area (Å²) in [5.74, 6) is 1.25. The fourth-order valence-electron chi connectivity index (χ4n) is 3.15. The average Bonchev–Trinajstić information content (AvgIpc) is 3.11. The Labute approximate surface area is 142 Å². The van der Waals surface area contributed by atoms with Crippen molar-refractivity contribution >= 4 is 16.8 Å². The van der Waals surface area contributed by atoms with Crippen molar-refractivity contribution in [3.8, 4) is 5.75 Å². The lowest BCUT2D eigenvalue weighted by molar-refractivity contribution is 0.0730. The Balaban J connectivity index is 1.88. The van der Waals surface area contributed by atoms with Crippen LogP contribution >= 0.6 is 0 Å². The molecule has 24 heavy (non-hydrogen) atoms. The van der Waals surface area contributed by atoms with Crippen LogP contribution in [0.25, 0.3) is 10.9 Å². The number of carbonyl (C=O) groups is 1. The number of benzene rings is 1. The maximum Gasteiger partial charge on any atom is 0.255 e. The standard InChI is InChI=1S/C19H24N2O3/c1-4-21(11-14-7-8-24-12-14)19(22)17-9-15-5-6-16(23-3)10-18(15)20-13(17)2/h5-6,9-10,14H,4,7-8,11-12H2,1-3H3/t14-/m0/s1. The Morgan fingerprint density at radius 2 is 2.25 bits per heavy atom. The number of hydrogen-bond donors (Lipinski definition) is 0. The van der Waals surface area contributed by atoms with Crippen molar-refractivity contribution in [1.82, 2.24) is 9.88 Å². The van der Waals surface area contributed by atoms with Crippen LogP contribution in [-0.4, -0.2) is 49.2 Å². The second kappa shape index (κ2) is 7.18. The number of fused-ring (bicyclic) bond motifs is 1. The van der Waals surface area contributed by atoms with Gasteiger partial charge in [-0.05, 0) is 38.5 Å². The van der Waals surface area contributed by atoms with Crippen LogP contribution in [0.4, 0.5) is 0 Å². The molecule has 1 aromatic heterocycles. The largest absolute Gasteiger partial charge is 0.497 e. The summed E-state index contributed by atoms with van der Waals surface area (Å²) >= 11 is 0. The Hall–Kier alpha value is -2.14. The number of amides is 1. The Morgan fingerprint density at radius 1 is 1.42 bits per heavy atom. The number of carbonyl (C=O) groups excluding carboxylic acids is 1. The van der Waals surface area contributed by atoms with Crippen LogP contribution in [0.1, 0.15) is 29.4 Å². The molecule has 1 aliphatic rings. The molecule has 0 bridgehead atoms. The molecule has 5 heteroatoms. The number of pyridine rings is 1. The molecule has 1 fully saturated rings. The smallest absolute Gasteiger partial charge is 0.255 e. The number of aryl methyl sites for hydroxylation is 1. The monoisotopic (exact) mass is 328 g/mol.